The van der Waals surface area contributed by atoms with Crippen LogP contribution >= 0.6 is 0 Å². The van der Waals surface area contributed by atoms with Gasteiger partial charge >= 0.3 is 0 Å². The Morgan fingerprint density at radius 2 is 1.45 bits per heavy atom. The van der Waals surface area contributed by atoms with Crippen molar-refractivity contribution in [3.63, 3.8) is 0 Å². The van der Waals surface area contributed by atoms with E-state index in [0.717, 1.165) is 13.0 Å². The fourth-order valence-corrected chi connectivity index (χ4v) is 2.78. The van der Waals surface area contributed by atoms with E-state index in [9.17, 15) is 0 Å². The number of benzene rings is 2. The Bertz CT molecular complexity index is 534. The summed E-state index contributed by atoms with van der Waals surface area (Å²) < 4.78 is 0. The summed E-state index contributed by atoms with van der Waals surface area (Å²) in [5.41, 5.74) is 6.79. The highest BCUT2D eigenvalue weighted by Crippen LogP contribution is 2.20. The van der Waals surface area contributed by atoms with Crippen molar-refractivity contribution in [2.75, 3.05) is 6.54 Å². The highest BCUT2D eigenvalue weighted by Gasteiger charge is 2.11. The molecule has 2 aromatic rings. The van der Waals surface area contributed by atoms with Gasteiger partial charge in [0.2, 0.25) is 0 Å². The van der Waals surface area contributed by atoms with Crippen molar-refractivity contribution in [1.82, 2.24) is 5.32 Å². The highest BCUT2D eigenvalue weighted by molar-refractivity contribution is 5.31. The molecule has 0 aliphatic rings. The number of likely N-dealkylation sites (N-methyl/N-ethyl adjacent to an activating group) is 1. The largest absolute Gasteiger partial charge is 0.310 e. The standard InChI is InChI=1S/C19H25N/c1-5-20-19(18-8-6-14(2)7-9-18)13-17-11-15(3)10-16(4)12-17/h6-12,19-20H,5,13H2,1-4H3. The number of nitrogens with one attached hydrogen (secondary N) is 1. The second-order valence-corrected chi connectivity index (χ2v) is 5.72. The molecule has 0 heterocycles. The van der Waals surface area contributed by atoms with Gasteiger partial charge in [-0.25, -0.2) is 0 Å². The Balaban J connectivity index is 2.22. The van der Waals surface area contributed by atoms with Crippen LogP contribution in [0.3, 0.4) is 0 Å². The van der Waals surface area contributed by atoms with Crippen LogP contribution in [0.15, 0.2) is 42.5 Å². The topological polar surface area (TPSA) is 12.0 Å². The SMILES string of the molecule is CCNC(Cc1cc(C)cc(C)c1)c1ccc(C)cc1. The number of hydrogen-bond acceptors (Lipinski definition) is 1. The predicted octanol–water partition coefficient (Wildman–Crippen LogP) is 4.51. The van der Waals surface area contributed by atoms with Gasteiger partial charge in [-0.3, -0.25) is 0 Å². The van der Waals surface area contributed by atoms with Gasteiger partial charge in [-0.15, -0.1) is 0 Å². The summed E-state index contributed by atoms with van der Waals surface area (Å²) in [5.74, 6) is 0. The van der Waals surface area contributed by atoms with Crippen molar-refractivity contribution in [2.24, 2.45) is 0 Å². The first kappa shape index (κ1) is 14.8. The molecule has 0 saturated carbocycles. The quantitative estimate of drug-likeness (QED) is 0.840. The van der Waals surface area contributed by atoms with E-state index >= 15 is 0 Å². The predicted molar refractivity (Wildman–Crippen MR) is 87.2 cm³/mol. The van der Waals surface area contributed by atoms with Crippen LogP contribution in [0.5, 0.6) is 0 Å². The van der Waals surface area contributed by atoms with E-state index in [1.165, 1.54) is 27.8 Å². The zero-order valence-corrected chi connectivity index (χ0v) is 13.0. The van der Waals surface area contributed by atoms with Crippen LogP contribution in [0.2, 0.25) is 0 Å². The molecule has 0 aliphatic heterocycles. The van der Waals surface area contributed by atoms with Crippen molar-refractivity contribution in [3.05, 3.63) is 70.3 Å². The third kappa shape index (κ3) is 3.94. The summed E-state index contributed by atoms with van der Waals surface area (Å²) in [6, 6.07) is 16.1. The zero-order valence-electron chi connectivity index (χ0n) is 13.0. The van der Waals surface area contributed by atoms with Gasteiger partial charge in [0.1, 0.15) is 0 Å². The summed E-state index contributed by atoms with van der Waals surface area (Å²) in [5, 5.41) is 3.61. The summed E-state index contributed by atoms with van der Waals surface area (Å²) in [6.45, 7) is 9.64. The lowest BCUT2D eigenvalue weighted by Gasteiger charge is -2.19. The van der Waals surface area contributed by atoms with E-state index in [2.05, 4.69) is 75.5 Å². The van der Waals surface area contributed by atoms with Gasteiger partial charge in [0.25, 0.3) is 0 Å². The Labute approximate surface area is 123 Å². The Hall–Kier alpha value is -1.60. The molecular weight excluding hydrogens is 242 g/mol. The van der Waals surface area contributed by atoms with Gasteiger partial charge in [0.15, 0.2) is 0 Å². The van der Waals surface area contributed by atoms with Crippen molar-refractivity contribution < 1.29 is 0 Å². The molecule has 0 fully saturated rings. The average molecular weight is 267 g/mol. The Kier molecular flexibility index (Phi) is 4.97. The molecule has 1 heteroatoms. The van der Waals surface area contributed by atoms with Gasteiger partial charge in [-0.05, 0) is 44.9 Å². The van der Waals surface area contributed by atoms with Crippen molar-refractivity contribution >= 4 is 0 Å². The van der Waals surface area contributed by atoms with E-state index < -0.39 is 0 Å². The number of aryl methyl sites for hydroxylation is 3. The molecule has 0 aliphatic carbocycles. The molecule has 0 spiro atoms. The van der Waals surface area contributed by atoms with Gasteiger partial charge in [0, 0.05) is 6.04 Å². The third-order valence-electron chi connectivity index (χ3n) is 3.65. The molecule has 2 aromatic carbocycles. The van der Waals surface area contributed by atoms with Crippen LogP contribution in [-0.2, 0) is 6.42 Å². The maximum atomic E-state index is 3.61. The lowest BCUT2D eigenvalue weighted by molar-refractivity contribution is 0.549. The van der Waals surface area contributed by atoms with Crippen LogP contribution in [0.4, 0.5) is 0 Å². The van der Waals surface area contributed by atoms with Crippen LogP contribution in [0, 0.1) is 20.8 Å². The molecule has 0 amide bonds. The summed E-state index contributed by atoms with van der Waals surface area (Å²) in [6.07, 6.45) is 1.04. The lowest BCUT2D eigenvalue weighted by Crippen LogP contribution is -2.23. The molecule has 20 heavy (non-hydrogen) atoms. The monoisotopic (exact) mass is 267 g/mol. The molecule has 2 rings (SSSR count). The van der Waals surface area contributed by atoms with Crippen molar-refractivity contribution in [1.29, 1.82) is 0 Å². The highest BCUT2D eigenvalue weighted by atomic mass is 14.9. The maximum absolute atomic E-state index is 3.61. The molecule has 1 atom stereocenters. The Morgan fingerprint density at radius 1 is 0.850 bits per heavy atom. The van der Waals surface area contributed by atoms with Crippen LogP contribution in [-0.4, -0.2) is 6.54 Å². The van der Waals surface area contributed by atoms with E-state index in [0.29, 0.717) is 6.04 Å². The molecule has 1 nitrogen and oxygen atoms in total. The average Bonchev–Trinajstić information content (AvgIpc) is 2.38. The zero-order chi connectivity index (χ0) is 14.5. The molecule has 0 bridgehead atoms. The van der Waals surface area contributed by atoms with Gasteiger partial charge in [0.05, 0.1) is 0 Å². The van der Waals surface area contributed by atoms with Gasteiger partial charge < -0.3 is 5.32 Å². The van der Waals surface area contributed by atoms with Crippen molar-refractivity contribution in [2.45, 2.75) is 40.2 Å². The first-order valence-corrected chi connectivity index (χ1v) is 7.45. The first-order chi connectivity index (χ1) is 9.58. The second kappa shape index (κ2) is 6.71. The number of hydrogen-bond donors (Lipinski definition) is 1. The van der Waals surface area contributed by atoms with Crippen LogP contribution < -0.4 is 5.32 Å². The van der Waals surface area contributed by atoms with Crippen LogP contribution in [0.1, 0.15) is 40.8 Å². The van der Waals surface area contributed by atoms with E-state index in [1.807, 2.05) is 0 Å². The molecule has 1 unspecified atom stereocenters. The molecule has 0 radical (unpaired) electrons. The minimum absolute atomic E-state index is 0.391. The smallest absolute Gasteiger partial charge is 0.0360 e. The fourth-order valence-electron chi connectivity index (χ4n) is 2.78. The molecule has 0 saturated heterocycles. The van der Waals surface area contributed by atoms with Gasteiger partial charge in [-0.1, -0.05) is 66.1 Å². The Morgan fingerprint density at radius 3 is 2.00 bits per heavy atom. The minimum Gasteiger partial charge on any atom is -0.310 e. The van der Waals surface area contributed by atoms with Crippen LogP contribution in [0.25, 0.3) is 0 Å². The summed E-state index contributed by atoms with van der Waals surface area (Å²) in [7, 11) is 0. The summed E-state index contributed by atoms with van der Waals surface area (Å²) >= 11 is 0. The minimum atomic E-state index is 0.391. The molecular formula is C19H25N. The first-order valence-electron chi connectivity index (χ1n) is 7.45. The van der Waals surface area contributed by atoms with E-state index in [4.69, 9.17) is 0 Å². The summed E-state index contributed by atoms with van der Waals surface area (Å²) in [4.78, 5) is 0. The van der Waals surface area contributed by atoms with E-state index in [1.54, 1.807) is 0 Å². The fraction of sp³-hybridized carbons (Fsp3) is 0.368. The maximum Gasteiger partial charge on any atom is 0.0360 e. The normalized spacial score (nSPS) is 12.4. The van der Waals surface area contributed by atoms with Crippen molar-refractivity contribution in [3.8, 4) is 0 Å². The van der Waals surface area contributed by atoms with Gasteiger partial charge in [-0.2, -0.15) is 0 Å². The second-order valence-electron chi connectivity index (χ2n) is 5.72. The molecule has 0 aromatic heterocycles. The third-order valence-corrected chi connectivity index (χ3v) is 3.65. The lowest BCUT2D eigenvalue weighted by atomic mass is 9.96. The van der Waals surface area contributed by atoms with E-state index in [-0.39, 0.29) is 0 Å². The molecule has 1 N–H and O–H groups in total. The molecule has 106 valence electrons. The number of rotatable bonds is 5.